The first-order chi connectivity index (χ1) is 19.4. The molecule has 0 fully saturated rings. The van der Waals surface area contributed by atoms with Crippen molar-refractivity contribution in [1.29, 1.82) is 5.26 Å². The van der Waals surface area contributed by atoms with Crippen LogP contribution in [0.25, 0.3) is 0 Å². The summed E-state index contributed by atoms with van der Waals surface area (Å²) in [4.78, 5) is 15.8. The zero-order valence-corrected chi connectivity index (χ0v) is 26.4. The summed E-state index contributed by atoms with van der Waals surface area (Å²) in [6.07, 6.45) is 0.966. The number of aryl methyl sites for hydroxylation is 2. The number of ether oxygens (including phenoxy) is 1. The van der Waals surface area contributed by atoms with Gasteiger partial charge in [0.25, 0.3) is 0 Å². The highest BCUT2D eigenvalue weighted by Gasteiger charge is 2.45. The Kier molecular flexibility index (Phi) is 8.00. The molecule has 0 saturated carbocycles. The van der Waals surface area contributed by atoms with Gasteiger partial charge in [0.1, 0.15) is 18.2 Å². The maximum absolute atomic E-state index is 14.0. The number of rotatable bonds is 5. The highest BCUT2D eigenvalue weighted by Crippen LogP contribution is 2.51. The van der Waals surface area contributed by atoms with Gasteiger partial charge in [0, 0.05) is 32.2 Å². The number of hydrogen-bond donors (Lipinski definition) is 1. The second-order valence-electron chi connectivity index (χ2n) is 11.5. The zero-order chi connectivity index (χ0) is 29.6. The molecule has 0 radical (unpaired) electrons. The Hall–Kier alpha value is -3.24. The molecule has 3 aromatic rings. The van der Waals surface area contributed by atoms with Crippen molar-refractivity contribution in [3.63, 3.8) is 0 Å². The van der Waals surface area contributed by atoms with Crippen molar-refractivity contribution in [1.82, 2.24) is 0 Å². The number of nitrogens with zero attached hydrogens (tertiary/aromatic N) is 2. The lowest BCUT2D eigenvalue weighted by molar-refractivity contribution is -0.118. The first-order valence-electron chi connectivity index (χ1n) is 13.3. The Labute approximate surface area is 259 Å². The fourth-order valence-corrected chi connectivity index (χ4v) is 6.64. The summed E-state index contributed by atoms with van der Waals surface area (Å²) in [5, 5.41) is 11.4. The summed E-state index contributed by atoms with van der Waals surface area (Å²) in [5.41, 5.74) is 12.7. The van der Waals surface area contributed by atoms with E-state index >= 15 is 0 Å². The van der Waals surface area contributed by atoms with E-state index in [1.54, 1.807) is 23.1 Å². The number of ketones is 1. The molecule has 5 nitrogen and oxygen atoms in total. The van der Waals surface area contributed by atoms with Crippen molar-refractivity contribution in [2.24, 2.45) is 11.1 Å². The summed E-state index contributed by atoms with van der Waals surface area (Å²) in [6, 6.07) is 19.3. The van der Waals surface area contributed by atoms with Gasteiger partial charge < -0.3 is 10.5 Å². The normalized spacial score (nSPS) is 18.3. The molecule has 1 atom stereocenters. The van der Waals surface area contributed by atoms with Crippen LogP contribution in [0.3, 0.4) is 0 Å². The van der Waals surface area contributed by atoms with E-state index in [9.17, 15) is 10.1 Å². The van der Waals surface area contributed by atoms with E-state index in [-0.39, 0.29) is 17.0 Å². The van der Waals surface area contributed by atoms with Crippen molar-refractivity contribution < 1.29 is 9.53 Å². The van der Waals surface area contributed by atoms with Gasteiger partial charge in [0.05, 0.1) is 23.2 Å². The van der Waals surface area contributed by atoms with Crippen molar-refractivity contribution in [2.75, 3.05) is 4.90 Å². The highest BCUT2D eigenvalue weighted by molar-refractivity contribution is 9.10. The molecule has 210 valence electrons. The van der Waals surface area contributed by atoms with E-state index in [2.05, 4.69) is 48.0 Å². The molecule has 0 aromatic heterocycles. The average molecular weight is 651 g/mol. The summed E-state index contributed by atoms with van der Waals surface area (Å²) in [7, 11) is 0. The van der Waals surface area contributed by atoms with E-state index in [1.807, 2.05) is 38.1 Å². The first-order valence-corrected chi connectivity index (χ1v) is 14.8. The van der Waals surface area contributed by atoms with Gasteiger partial charge >= 0.3 is 0 Å². The third kappa shape index (κ3) is 5.77. The fourth-order valence-electron chi connectivity index (χ4n) is 5.86. The van der Waals surface area contributed by atoms with Crippen LogP contribution in [0.4, 0.5) is 5.69 Å². The topological polar surface area (TPSA) is 79.4 Å². The van der Waals surface area contributed by atoms with Crippen LogP contribution in [0, 0.1) is 30.6 Å². The molecule has 3 aromatic carbocycles. The second kappa shape index (κ2) is 11.2. The smallest absolute Gasteiger partial charge is 0.162 e. The van der Waals surface area contributed by atoms with Gasteiger partial charge in [0.2, 0.25) is 0 Å². The highest BCUT2D eigenvalue weighted by atomic mass is 79.9. The van der Waals surface area contributed by atoms with Gasteiger partial charge in [-0.25, -0.2) is 0 Å². The van der Waals surface area contributed by atoms with Gasteiger partial charge in [-0.15, -0.1) is 0 Å². The molecule has 2 N–H and O–H groups in total. The zero-order valence-electron chi connectivity index (χ0n) is 23.3. The lowest BCUT2D eigenvalue weighted by Crippen LogP contribution is -2.42. The number of hydrogen-bond acceptors (Lipinski definition) is 5. The quantitative estimate of drug-likeness (QED) is 0.298. The Morgan fingerprint density at radius 3 is 2.34 bits per heavy atom. The van der Waals surface area contributed by atoms with E-state index in [0.717, 1.165) is 38.2 Å². The number of allylic oxidation sites excluding steroid dienone is 3. The monoisotopic (exact) mass is 649 g/mol. The van der Waals surface area contributed by atoms with Crippen LogP contribution in [0.2, 0.25) is 10.0 Å². The number of benzene rings is 3. The van der Waals surface area contributed by atoms with E-state index < -0.39 is 5.92 Å². The van der Waals surface area contributed by atoms with Crippen molar-refractivity contribution in [2.45, 2.75) is 53.1 Å². The molecule has 1 aliphatic carbocycles. The molecule has 8 heteroatoms. The van der Waals surface area contributed by atoms with Crippen LogP contribution >= 0.6 is 39.1 Å². The van der Waals surface area contributed by atoms with Crippen molar-refractivity contribution in [3.05, 3.63) is 114 Å². The number of carbonyl (C=O) groups excluding carboxylic acids is 1. The SMILES string of the molecule is Cc1cc(C)c(C2C(C#N)=C(N)N(c3cc(Cl)cc(Cl)c3)C3=C2C(=O)CC(C)(C)C3)cc1COc1ccc(Br)cc1. The second-order valence-corrected chi connectivity index (χ2v) is 13.3. The van der Waals surface area contributed by atoms with Gasteiger partial charge in [-0.1, -0.05) is 65.1 Å². The summed E-state index contributed by atoms with van der Waals surface area (Å²) >= 11 is 16.2. The molecule has 41 heavy (non-hydrogen) atoms. The van der Waals surface area contributed by atoms with Gasteiger partial charge in [-0.2, -0.15) is 5.26 Å². The molecule has 1 aliphatic heterocycles. The molecule has 0 saturated heterocycles. The van der Waals surface area contributed by atoms with Crippen LogP contribution in [0.1, 0.15) is 54.9 Å². The van der Waals surface area contributed by atoms with Gasteiger partial charge in [-0.05, 0) is 90.4 Å². The van der Waals surface area contributed by atoms with Crippen molar-refractivity contribution in [3.8, 4) is 11.8 Å². The van der Waals surface area contributed by atoms with E-state index in [0.29, 0.717) is 46.3 Å². The molecule has 1 unspecified atom stereocenters. The molecular formula is C33H30BrCl2N3O2. The minimum atomic E-state index is -0.600. The Morgan fingerprint density at radius 1 is 1.05 bits per heavy atom. The molecular weight excluding hydrogens is 621 g/mol. The lowest BCUT2D eigenvalue weighted by atomic mass is 9.68. The molecule has 0 amide bonds. The number of nitrogens with two attached hydrogens (primary N) is 1. The van der Waals surface area contributed by atoms with Crippen LogP contribution in [-0.2, 0) is 11.4 Å². The van der Waals surface area contributed by atoms with Crippen molar-refractivity contribution >= 4 is 50.6 Å². The minimum Gasteiger partial charge on any atom is -0.489 e. The third-order valence-corrected chi connectivity index (χ3v) is 8.70. The summed E-state index contributed by atoms with van der Waals surface area (Å²) in [6.45, 7) is 8.53. The van der Waals surface area contributed by atoms with Gasteiger partial charge in [0.15, 0.2) is 5.78 Å². The van der Waals surface area contributed by atoms with Crippen LogP contribution < -0.4 is 15.4 Å². The minimum absolute atomic E-state index is 0.00672. The maximum atomic E-state index is 14.0. The Balaban J connectivity index is 1.67. The van der Waals surface area contributed by atoms with Gasteiger partial charge in [-0.3, -0.25) is 9.69 Å². The van der Waals surface area contributed by atoms with Crippen LogP contribution in [0.15, 0.2) is 81.7 Å². The number of anilines is 1. The number of halogens is 3. The maximum Gasteiger partial charge on any atom is 0.162 e. The molecule has 2 aliphatic rings. The standard InChI is InChI=1S/C33H30BrCl2N3O2/c1-18-9-19(2)26(10-20(18)17-41-25-7-5-21(34)6-8-25)30-27(16-37)32(38)39(24-12-22(35)11-23(36)13-24)28-14-33(3,4)15-29(40)31(28)30/h5-13,30H,14-15,17,38H2,1-4H3. The Morgan fingerprint density at radius 2 is 1.71 bits per heavy atom. The van der Waals surface area contributed by atoms with E-state index in [4.69, 9.17) is 33.7 Å². The Bertz CT molecular complexity index is 1650. The molecule has 1 heterocycles. The predicted octanol–water partition coefficient (Wildman–Crippen LogP) is 8.89. The number of nitriles is 1. The predicted molar refractivity (Wildman–Crippen MR) is 168 cm³/mol. The fraction of sp³-hybridized carbons (Fsp3) is 0.273. The number of Topliss-reactive ketones (excluding diaryl/α,β-unsaturated/α-hetero) is 1. The molecule has 0 bridgehead atoms. The first kappa shape index (κ1) is 29.3. The largest absolute Gasteiger partial charge is 0.489 e. The average Bonchev–Trinajstić information content (AvgIpc) is 2.87. The third-order valence-electron chi connectivity index (χ3n) is 7.73. The van der Waals surface area contributed by atoms with Crippen LogP contribution in [-0.4, -0.2) is 5.78 Å². The summed E-state index contributed by atoms with van der Waals surface area (Å²) in [5.74, 6) is 0.427. The summed E-state index contributed by atoms with van der Waals surface area (Å²) < 4.78 is 7.08. The molecule has 5 rings (SSSR count). The molecule has 0 spiro atoms. The van der Waals surface area contributed by atoms with Crippen LogP contribution in [0.5, 0.6) is 5.75 Å². The van der Waals surface area contributed by atoms with E-state index in [1.165, 1.54) is 0 Å². The lowest BCUT2D eigenvalue weighted by Gasteiger charge is -2.44. The number of carbonyl (C=O) groups is 1.